The van der Waals surface area contributed by atoms with Gasteiger partial charge in [-0.05, 0) is 47.4 Å². The van der Waals surface area contributed by atoms with Crippen molar-refractivity contribution in [1.82, 2.24) is 10.6 Å². The van der Waals surface area contributed by atoms with Gasteiger partial charge in [-0.15, -0.1) is 11.3 Å². The number of methoxy groups -OCH3 is 1. The number of carbonyl (C=O) groups is 3. The second-order valence-electron chi connectivity index (χ2n) is 5.07. The van der Waals surface area contributed by atoms with Crippen LogP contribution in [0.15, 0.2) is 41.3 Å². The maximum absolute atomic E-state index is 12.1. The van der Waals surface area contributed by atoms with E-state index in [0.717, 1.165) is 0 Å². The van der Waals surface area contributed by atoms with Crippen LogP contribution in [0.1, 0.15) is 15.2 Å². The molecule has 1 aliphatic heterocycles. The van der Waals surface area contributed by atoms with Gasteiger partial charge in [0.2, 0.25) is 0 Å². The predicted molar refractivity (Wildman–Crippen MR) is 99.1 cm³/mol. The molecule has 2 heterocycles. The first-order chi connectivity index (χ1) is 12.5. The lowest BCUT2D eigenvalue weighted by Crippen LogP contribution is -2.51. The number of benzene rings is 1. The van der Waals surface area contributed by atoms with Crippen LogP contribution < -0.4 is 20.1 Å². The molecule has 3 rings (SSSR count). The fourth-order valence-electron chi connectivity index (χ4n) is 2.18. The largest absolute Gasteiger partial charge is 0.493 e. The molecule has 7 nitrogen and oxygen atoms in total. The Bertz CT molecular complexity index is 913. The quantitative estimate of drug-likeness (QED) is 0.273. The summed E-state index contributed by atoms with van der Waals surface area (Å²) in [5.41, 5.74) is 0.426. The summed E-state index contributed by atoms with van der Waals surface area (Å²) in [6.45, 7) is 0. The zero-order valence-corrected chi connectivity index (χ0v) is 15.0. The molecular formula is C17H12N2O5S2. The van der Waals surface area contributed by atoms with Gasteiger partial charge < -0.3 is 9.47 Å². The summed E-state index contributed by atoms with van der Waals surface area (Å²) in [5, 5.41) is 6.45. The van der Waals surface area contributed by atoms with Crippen LogP contribution >= 0.6 is 23.6 Å². The summed E-state index contributed by atoms with van der Waals surface area (Å²) in [6, 6.07) is 8.08. The number of amides is 2. The number of hydrogen-bond donors (Lipinski definition) is 2. The van der Waals surface area contributed by atoms with Crippen molar-refractivity contribution in [2.75, 3.05) is 7.11 Å². The Morgan fingerprint density at radius 3 is 2.50 bits per heavy atom. The minimum Gasteiger partial charge on any atom is -0.493 e. The first-order valence-electron chi connectivity index (χ1n) is 7.30. The number of thiophene rings is 1. The van der Waals surface area contributed by atoms with Gasteiger partial charge in [0, 0.05) is 0 Å². The lowest BCUT2D eigenvalue weighted by Gasteiger charge is -2.16. The van der Waals surface area contributed by atoms with E-state index >= 15 is 0 Å². The smallest absolute Gasteiger partial charge is 0.353 e. The van der Waals surface area contributed by atoms with E-state index in [1.165, 1.54) is 30.6 Å². The third kappa shape index (κ3) is 3.79. The van der Waals surface area contributed by atoms with Crippen molar-refractivity contribution in [3.05, 3.63) is 51.7 Å². The van der Waals surface area contributed by atoms with Gasteiger partial charge in [0.1, 0.15) is 10.5 Å². The minimum absolute atomic E-state index is 0.0365. The monoisotopic (exact) mass is 388 g/mol. The molecule has 0 unspecified atom stereocenters. The maximum Gasteiger partial charge on any atom is 0.353 e. The summed E-state index contributed by atoms with van der Waals surface area (Å²) in [5.74, 6) is -1.16. The molecule has 0 bridgehead atoms. The molecule has 2 amide bonds. The van der Waals surface area contributed by atoms with Crippen LogP contribution in [0, 0.1) is 0 Å². The Balaban J connectivity index is 1.86. The average Bonchev–Trinajstić information content (AvgIpc) is 3.13. The number of hydrogen-bond acceptors (Lipinski definition) is 7. The molecule has 1 aromatic carbocycles. The highest BCUT2D eigenvalue weighted by atomic mass is 32.1. The molecule has 0 radical (unpaired) electrons. The molecule has 1 aromatic heterocycles. The van der Waals surface area contributed by atoms with Gasteiger partial charge in [0.05, 0.1) is 7.11 Å². The lowest BCUT2D eigenvalue weighted by atomic mass is 10.1. The number of esters is 1. The number of thiocarbonyl (C=S) groups is 1. The zero-order chi connectivity index (χ0) is 18.7. The molecule has 0 atom stereocenters. The molecule has 1 aliphatic rings. The van der Waals surface area contributed by atoms with Gasteiger partial charge >= 0.3 is 5.97 Å². The first-order valence-corrected chi connectivity index (χ1v) is 8.59. The highest BCUT2D eigenvalue weighted by molar-refractivity contribution is 7.80. The zero-order valence-electron chi connectivity index (χ0n) is 13.4. The normalized spacial score (nSPS) is 13.7. The summed E-state index contributed by atoms with van der Waals surface area (Å²) < 4.78 is 10.6. The Morgan fingerprint density at radius 2 is 1.88 bits per heavy atom. The van der Waals surface area contributed by atoms with Crippen LogP contribution in [0.2, 0.25) is 0 Å². The van der Waals surface area contributed by atoms with Gasteiger partial charge in [-0.25, -0.2) is 4.79 Å². The van der Waals surface area contributed by atoms with Gasteiger partial charge in [-0.3, -0.25) is 20.2 Å². The molecule has 0 aliphatic carbocycles. The molecule has 2 aromatic rings. The topological polar surface area (TPSA) is 93.7 Å². The minimum atomic E-state index is -0.592. The van der Waals surface area contributed by atoms with Gasteiger partial charge in [0.25, 0.3) is 11.8 Å². The van der Waals surface area contributed by atoms with Crippen molar-refractivity contribution in [3.63, 3.8) is 0 Å². The van der Waals surface area contributed by atoms with Crippen LogP contribution in [0.25, 0.3) is 6.08 Å². The van der Waals surface area contributed by atoms with E-state index in [4.69, 9.17) is 21.7 Å². The molecule has 1 fully saturated rings. The number of nitrogens with one attached hydrogen (secondary N) is 2. The molecule has 2 N–H and O–H groups in total. The van der Waals surface area contributed by atoms with Crippen molar-refractivity contribution >= 4 is 52.5 Å². The van der Waals surface area contributed by atoms with E-state index in [9.17, 15) is 14.4 Å². The average molecular weight is 388 g/mol. The van der Waals surface area contributed by atoms with Gasteiger partial charge in [0.15, 0.2) is 16.6 Å². The van der Waals surface area contributed by atoms with Crippen LogP contribution in [-0.2, 0) is 9.59 Å². The van der Waals surface area contributed by atoms with Gasteiger partial charge in [-0.1, -0.05) is 12.1 Å². The standard InChI is InChI=1S/C17H12N2O5S2/c1-23-12-8-9(7-10-14(20)18-17(25)19-15(10)21)4-5-11(12)24-16(22)13-3-2-6-26-13/h2-8H,1H3,(H2,18,19,20,21,25). The third-order valence-corrected chi connectivity index (χ3v) is 4.42. The summed E-state index contributed by atoms with van der Waals surface area (Å²) in [7, 11) is 1.42. The van der Waals surface area contributed by atoms with Crippen molar-refractivity contribution < 1.29 is 23.9 Å². The Morgan fingerprint density at radius 1 is 1.15 bits per heavy atom. The summed E-state index contributed by atoms with van der Waals surface area (Å²) in [4.78, 5) is 36.3. The Labute approximate surface area is 157 Å². The fourth-order valence-corrected chi connectivity index (χ4v) is 2.96. The van der Waals surface area contributed by atoms with E-state index in [-0.39, 0.29) is 22.2 Å². The molecule has 0 spiro atoms. The summed E-state index contributed by atoms with van der Waals surface area (Å²) >= 11 is 6.02. The highest BCUT2D eigenvalue weighted by Crippen LogP contribution is 2.30. The van der Waals surface area contributed by atoms with E-state index in [0.29, 0.717) is 10.4 Å². The van der Waals surface area contributed by atoms with Crippen molar-refractivity contribution in [3.8, 4) is 11.5 Å². The number of rotatable bonds is 4. The number of carbonyl (C=O) groups excluding carboxylic acids is 3. The SMILES string of the molecule is COc1cc(C=C2C(=O)NC(=S)NC2=O)ccc1OC(=O)c1cccs1. The van der Waals surface area contributed by atoms with Crippen molar-refractivity contribution in [2.24, 2.45) is 0 Å². The van der Waals surface area contributed by atoms with Crippen molar-refractivity contribution in [1.29, 1.82) is 0 Å². The lowest BCUT2D eigenvalue weighted by molar-refractivity contribution is -0.123. The highest BCUT2D eigenvalue weighted by Gasteiger charge is 2.25. The molecule has 1 saturated heterocycles. The maximum atomic E-state index is 12.1. The van der Waals surface area contributed by atoms with Crippen LogP contribution in [0.4, 0.5) is 0 Å². The van der Waals surface area contributed by atoms with E-state index in [1.807, 2.05) is 0 Å². The fraction of sp³-hybridized carbons (Fsp3) is 0.0588. The Kier molecular flexibility index (Phi) is 5.10. The third-order valence-electron chi connectivity index (χ3n) is 3.37. The molecule has 132 valence electrons. The second kappa shape index (κ2) is 7.46. The van der Waals surface area contributed by atoms with Crippen LogP contribution in [-0.4, -0.2) is 30.0 Å². The van der Waals surface area contributed by atoms with Crippen molar-refractivity contribution in [2.45, 2.75) is 0 Å². The van der Waals surface area contributed by atoms with E-state index in [2.05, 4.69) is 10.6 Å². The van der Waals surface area contributed by atoms with Gasteiger partial charge in [-0.2, -0.15) is 0 Å². The molecular weight excluding hydrogens is 376 g/mol. The van der Waals surface area contributed by atoms with E-state index in [1.54, 1.807) is 29.6 Å². The summed E-state index contributed by atoms with van der Waals surface area (Å²) in [6.07, 6.45) is 1.39. The molecule has 0 saturated carbocycles. The van der Waals surface area contributed by atoms with Crippen LogP contribution in [0.3, 0.4) is 0 Å². The molecule has 26 heavy (non-hydrogen) atoms. The Hall–Kier alpha value is -3.04. The first kappa shape index (κ1) is 17.8. The molecule has 9 heteroatoms. The van der Waals surface area contributed by atoms with E-state index < -0.39 is 17.8 Å². The number of ether oxygens (including phenoxy) is 2. The second-order valence-corrected chi connectivity index (χ2v) is 6.43. The van der Waals surface area contributed by atoms with Crippen LogP contribution in [0.5, 0.6) is 11.5 Å². The predicted octanol–water partition coefficient (Wildman–Crippen LogP) is 1.89.